The van der Waals surface area contributed by atoms with Crippen molar-refractivity contribution in [3.8, 4) is 11.9 Å². The topological polar surface area (TPSA) is 93.4 Å². The Morgan fingerprint density at radius 2 is 2.06 bits per heavy atom. The van der Waals surface area contributed by atoms with Gasteiger partial charge >= 0.3 is 0 Å². The Hall–Kier alpha value is -2.42. The highest BCUT2D eigenvalue weighted by Crippen LogP contribution is 2.13. The molecule has 0 aromatic carbocycles. The van der Waals surface area contributed by atoms with E-state index in [1.165, 1.54) is 0 Å². The molecule has 92 valence electrons. The normalized spacial score (nSPS) is 10.3. The fourth-order valence-electron chi connectivity index (χ4n) is 1.62. The van der Waals surface area contributed by atoms with E-state index in [9.17, 15) is 0 Å². The second-order valence-electron chi connectivity index (χ2n) is 3.78. The average Bonchev–Trinajstić information content (AvgIpc) is 2.82. The van der Waals surface area contributed by atoms with Crippen molar-refractivity contribution in [3.05, 3.63) is 29.5 Å². The molecule has 0 radical (unpaired) electrons. The maximum atomic E-state index is 8.93. The highest BCUT2D eigenvalue weighted by atomic mass is 15.4. The van der Waals surface area contributed by atoms with E-state index >= 15 is 0 Å². The van der Waals surface area contributed by atoms with E-state index < -0.39 is 0 Å². The Morgan fingerprint density at radius 1 is 1.28 bits per heavy atom. The van der Waals surface area contributed by atoms with Crippen LogP contribution in [0.1, 0.15) is 31.2 Å². The van der Waals surface area contributed by atoms with Gasteiger partial charge in [0.2, 0.25) is 0 Å². The first-order valence-electron chi connectivity index (χ1n) is 5.81. The van der Waals surface area contributed by atoms with Gasteiger partial charge in [0, 0.05) is 12.8 Å². The molecule has 0 aliphatic heterocycles. The van der Waals surface area contributed by atoms with Gasteiger partial charge in [-0.15, -0.1) is 5.10 Å². The van der Waals surface area contributed by atoms with Crippen LogP contribution in [0.25, 0.3) is 5.82 Å². The molecule has 2 N–H and O–H groups in total. The van der Waals surface area contributed by atoms with Crippen molar-refractivity contribution >= 4 is 5.69 Å². The minimum absolute atomic E-state index is 0.211. The number of anilines is 1. The molecule has 0 spiro atoms. The third-order valence-corrected chi connectivity index (χ3v) is 2.59. The van der Waals surface area contributed by atoms with E-state index in [1.54, 1.807) is 16.8 Å². The molecule has 2 rings (SSSR count). The second-order valence-corrected chi connectivity index (χ2v) is 3.78. The lowest BCUT2D eigenvalue weighted by Gasteiger charge is -2.04. The lowest BCUT2D eigenvalue weighted by molar-refractivity contribution is 0.768. The summed E-state index contributed by atoms with van der Waals surface area (Å²) < 4.78 is 1.67. The van der Waals surface area contributed by atoms with Crippen molar-refractivity contribution in [2.45, 2.75) is 26.7 Å². The Kier molecular flexibility index (Phi) is 3.24. The number of nitrogens with two attached hydrogens (primary N) is 1. The van der Waals surface area contributed by atoms with Gasteiger partial charge in [-0.25, -0.2) is 9.97 Å². The van der Waals surface area contributed by atoms with E-state index in [0.717, 1.165) is 24.5 Å². The van der Waals surface area contributed by atoms with Gasteiger partial charge in [-0.3, -0.25) is 0 Å². The summed E-state index contributed by atoms with van der Waals surface area (Å²) in [5.41, 5.74) is 6.23. The maximum Gasteiger partial charge on any atom is 0.165 e. The van der Waals surface area contributed by atoms with Crippen LogP contribution in [0.2, 0.25) is 0 Å². The molecule has 2 heterocycles. The van der Waals surface area contributed by atoms with Crippen molar-refractivity contribution in [2.75, 3.05) is 5.73 Å². The minimum Gasteiger partial charge on any atom is -0.396 e. The lowest BCUT2D eigenvalue weighted by Crippen LogP contribution is -2.06. The Morgan fingerprint density at radius 3 is 2.67 bits per heavy atom. The molecule has 2 aromatic heterocycles. The SMILES string of the molecule is CCc1nc(CC)n(-c2ccc(N)c(C#N)n2)n1. The number of rotatable bonds is 3. The fourth-order valence-corrected chi connectivity index (χ4v) is 1.62. The molecule has 0 aliphatic rings. The number of nitrogen functional groups attached to an aromatic ring is 1. The molecule has 0 atom stereocenters. The van der Waals surface area contributed by atoms with E-state index in [0.29, 0.717) is 11.5 Å². The van der Waals surface area contributed by atoms with E-state index in [4.69, 9.17) is 11.0 Å². The highest BCUT2D eigenvalue weighted by Gasteiger charge is 2.11. The number of hydrogen-bond acceptors (Lipinski definition) is 5. The van der Waals surface area contributed by atoms with Crippen LogP contribution in [0, 0.1) is 11.3 Å². The standard InChI is InChI=1S/C12H14N6/c1-3-10-16-11(4-2)18(17-10)12-6-5-8(14)9(7-13)15-12/h5-6H,3-4,14H2,1-2H3. The number of hydrogen-bond donors (Lipinski definition) is 1. The lowest BCUT2D eigenvalue weighted by atomic mass is 10.3. The molecule has 0 fully saturated rings. The first-order valence-corrected chi connectivity index (χ1v) is 5.81. The predicted molar refractivity (Wildman–Crippen MR) is 67.0 cm³/mol. The smallest absolute Gasteiger partial charge is 0.165 e. The molecule has 0 saturated heterocycles. The van der Waals surface area contributed by atoms with Gasteiger partial charge in [0.25, 0.3) is 0 Å². The highest BCUT2D eigenvalue weighted by molar-refractivity contribution is 5.51. The summed E-state index contributed by atoms with van der Waals surface area (Å²) in [6.45, 7) is 4.00. The zero-order valence-electron chi connectivity index (χ0n) is 10.4. The first-order chi connectivity index (χ1) is 8.69. The van der Waals surface area contributed by atoms with Crippen molar-refractivity contribution in [1.82, 2.24) is 19.7 Å². The van der Waals surface area contributed by atoms with Crippen molar-refractivity contribution < 1.29 is 0 Å². The molecular formula is C12H14N6. The zero-order valence-corrected chi connectivity index (χ0v) is 10.4. The molecular weight excluding hydrogens is 228 g/mol. The Labute approximate surface area is 105 Å². The van der Waals surface area contributed by atoms with Gasteiger partial charge in [0.05, 0.1) is 5.69 Å². The quantitative estimate of drug-likeness (QED) is 0.873. The Balaban J connectivity index is 2.54. The number of nitriles is 1. The molecule has 0 unspecified atom stereocenters. The summed E-state index contributed by atoms with van der Waals surface area (Å²) >= 11 is 0. The van der Waals surface area contributed by atoms with Crippen molar-refractivity contribution in [3.63, 3.8) is 0 Å². The number of aryl methyl sites for hydroxylation is 2. The van der Waals surface area contributed by atoms with Crippen LogP contribution in [-0.2, 0) is 12.8 Å². The van der Waals surface area contributed by atoms with Crippen LogP contribution in [0.4, 0.5) is 5.69 Å². The molecule has 2 aromatic rings. The zero-order chi connectivity index (χ0) is 13.1. The average molecular weight is 242 g/mol. The molecule has 0 bridgehead atoms. The third-order valence-electron chi connectivity index (χ3n) is 2.59. The second kappa shape index (κ2) is 4.84. The van der Waals surface area contributed by atoms with Gasteiger partial charge in [0.1, 0.15) is 11.9 Å². The number of pyridine rings is 1. The largest absolute Gasteiger partial charge is 0.396 e. The van der Waals surface area contributed by atoms with E-state index in [2.05, 4.69) is 15.1 Å². The molecule has 0 aliphatic carbocycles. The Bertz CT molecular complexity index is 608. The minimum atomic E-state index is 0.211. The van der Waals surface area contributed by atoms with Crippen LogP contribution in [0.3, 0.4) is 0 Å². The third kappa shape index (κ3) is 2.02. The van der Waals surface area contributed by atoms with Gasteiger partial charge in [-0.2, -0.15) is 9.94 Å². The molecule has 0 amide bonds. The van der Waals surface area contributed by atoms with Crippen molar-refractivity contribution in [2.24, 2.45) is 0 Å². The monoisotopic (exact) mass is 242 g/mol. The summed E-state index contributed by atoms with van der Waals surface area (Å²) in [6.07, 6.45) is 1.51. The van der Waals surface area contributed by atoms with Crippen LogP contribution < -0.4 is 5.73 Å². The van der Waals surface area contributed by atoms with E-state index in [-0.39, 0.29) is 5.69 Å². The van der Waals surface area contributed by atoms with Crippen LogP contribution in [-0.4, -0.2) is 19.7 Å². The maximum absolute atomic E-state index is 8.93. The molecule has 0 saturated carbocycles. The molecule has 6 heteroatoms. The first kappa shape index (κ1) is 12.0. The van der Waals surface area contributed by atoms with Crippen LogP contribution in [0.5, 0.6) is 0 Å². The van der Waals surface area contributed by atoms with Crippen LogP contribution in [0.15, 0.2) is 12.1 Å². The molecule has 6 nitrogen and oxygen atoms in total. The number of aromatic nitrogens is 4. The molecule has 18 heavy (non-hydrogen) atoms. The summed E-state index contributed by atoms with van der Waals surface area (Å²) in [4.78, 5) is 8.59. The summed E-state index contributed by atoms with van der Waals surface area (Å²) in [7, 11) is 0. The summed E-state index contributed by atoms with van der Waals surface area (Å²) in [6, 6.07) is 5.37. The summed E-state index contributed by atoms with van der Waals surface area (Å²) in [5, 5.41) is 13.3. The van der Waals surface area contributed by atoms with Gasteiger partial charge in [-0.05, 0) is 12.1 Å². The van der Waals surface area contributed by atoms with Crippen LogP contribution >= 0.6 is 0 Å². The van der Waals surface area contributed by atoms with Gasteiger partial charge < -0.3 is 5.73 Å². The number of nitrogens with zero attached hydrogens (tertiary/aromatic N) is 5. The predicted octanol–water partition coefficient (Wildman–Crippen LogP) is 1.24. The van der Waals surface area contributed by atoms with E-state index in [1.807, 2.05) is 19.9 Å². The summed E-state index contributed by atoms with van der Waals surface area (Å²) in [5.74, 6) is 2.17. The fraction of sp³-hybridized carbons (Fsp3) is 0.333. The van der Waals surface area contributed by atoms with Gasteiger partial charge in [-0.1, -0.05) is 13.8 Å². The van der Waals surface area contributed by atoms with Crippen molar-refractivity contribution in [1.29, 1.82) is 5.26 Å². The van der Waals surface area contributed by atoms with Gasteiger partial charge in [0.15, 0.2) is 17.3 Å².